The zero-order chi connectivity index (χ0) is 15.6. The van der Waals surface area contributed by atoms with Crippen LogP contribution >= 0.6 is 23.2 Å². The molecule has 1 amide bonds. The lowest BCUT2D eigenvalue weighted by Gasteiger charge is -2.18. The fourth-order valence-corrected chi connectivity index (χ4v) is 2.22. The van der Waals surface area contributed by atoms with Crippen LogP contribution in [0.15, 0.2) is 36.5 Å². The number of amides is 1. The number of carbonyl (C=O) groups is 1. The Morgan fingerprint density at radius 1 is 1.14 bits per heavy atom. The van der Waals surface area contributed by atoms with E-state index < -0.39 is 0 Å². The van der Waals surface area contributed by atoms with Gasteiger partial charge in [0.2, 0.25) is 0 Å². The van der Waals surface area contributed by atoms with Crippen LogP contribution in [-0.4, -0.2) is 10.9 Å². The summed E-state index contributed by atoms with van der Waals surface area (Å²) in [5.41, 5.74) is 1.81. The van der Waals surface area contributed by atoms with Crippen LogP contribution in [0, 0.1) is 0 Å². The summed E-state index contributed by atoms with van der Waals surface area (Å²) in [4.78, 5) is 16.6. The fraction of sp³-hybridized carbons (Fsp3) is 0.250. The molecular formula is C16H16Cl2N2O. The van der Waals surface area contributed by atoms with Crippen LogP contribution in [0.5, 0.6) is 0 Å². The maximum Gasteiger partial charge on any atom is 0.255 e. The van der Waals surface area contributed by atoms with Gasteiger partial charge in [-0.1, -0.05) is 44.0 Å². The maximum absolute atomic E-state index is 12.3. The van der Waals surface area contributed by atoms with Gasteiger partial charge in [0.1, 0.15) is 0 Å². The molecule has 5 heteroatoms. The highest BCUT2D eigenvalue weighted by atomic mass is 35.5. The quantitative estimate of drug-likeness (QED) is 0.850. The van der Waals surface area contributed by atoms with Crippen molar-refractivity contribution < 1.29 is 4.79 Å². The normalized spacial score (nSPS) is 11.3. The first-order valence-corrected chi connectivity index (χ1v) is 7.26. The average molecular weight is 323 g/mol. The highest BCUT2D eigenvalue weighted by molar-refractivity contribution is 6.36. The summed E-state index contributed by atoms with van der Waals surface area (Å²) in [5.74, 6) is -0.230. The molecule has 1 aromatic heterocycles. The average Bonchev–Trinajstić information content (AvgIpc) is 2.41. The number of hydrogen-bond donors (Lipinski definition) is 1. The number of hydrogen-bond acceptors (Lipinski definition) is 2. The van der Waals surface area contributed by atoms with Crippen molar-refractivity contribution >= 4 is 34.8 Å². The van der Waals surface area contributed by atoms with Crippen molar-refractivity contribution in [2.45, 2.75) is 26.2 Å². The Morgan fingerprint density at radius 3 is 2.48 bits per heavy atom. The van der Waals surface area contributed by atoms with E-state index in [2.05, 4.69) is 10.3 Å². The minimum atomic E-state index is -0.230. The number of aromatic nitrogens is 1. The number of nitrogens with zero attached hydrogens (tertiary/aromatic N) is 1. The Kier molecular flexibility index (Phi) is 4.55. The first kappa shape index (κ1) is 15.8. The Labute approximate surface area is 134 Å². The molecule has 0 aliphatic rings. The Morgan fingerprint density at radius 2 is 1.86 bits per heavy atom. The van der Waals surface area contributed by atoms with E-state index in [9.17, 15) is 4.79 Å². The largest absolute Gasteiger partial charge is 0.321 e. The highest BCUT2D eigenvalue weighted by Gasteiger charge is 2.17. The van der Waals surface area contributed by atoms with E-state index in [-0.39, 0.29) is 11.3 Å². The molecular weight excluding hydrogens is 307 g/mol. The molecule has 0 unspecified atom stereocenters. The van der Waals surface area contributed by atoms with Crippen LogP contribution in [0.4, 0.5) is 5.69 Å². The smallest absolute Gasteiger partial charge is 0.255 e. The molecule has 2 aromatic rings. The first-order valence-electron chi connectivity index (χ1n) is 6.50. The van der Waals surface area contributed by atoms with Gasteiger partial charge >= 0.3 is 0 Å². The predicted octanol–water partition coefficient (Wildman–Crippen LogP) is 4.94. The van der Waals surface area contributed by atoms with Crippen LogP contribution in [0.25, 0.3) is 0 Å². The molecule has 3 nitrogen and oxygen atoms in total. The minimum Gasteiger partial charge on any atom is -0.321 e. The minimum absolute atomic E-state index is 0.117. The van der Waals surface area contributed by atoms with Gasteiger partial charge in [-0.15, -0.1) is 0 Å². The van der Waals surface area contributed by atoms with Crippen molar-refractivity contribution in [3.63, 3.8) is 0 Å². The monoisotopic (exact) mass is 322 g/mol. The van der Waals surface area contributed by atoms with E-state index in [0.29, 0.717) is 21.3 Å². The van der Waals surface area contributed by atoms with Gasteiger partial charge in [0, 0.05) is 27.9 Å². The van der Waals surface area contributed by atoms with E-state index in [1.54, 1.807) is 36.5 Å². The number of nitrogens with one attached hydrogen (secondary N) is 1. The summed E-state index contributed by atoms with van der Waals surface area (Å²) in [6.45, 7) is 6.15. The van der Waals surface area contributed by atoms with E-state index >= 15 is 0 Å². The molecule has 0 spiro atoms. The molecule has 1 heterocycles. The second kappa shape index (κ2) is 6.04. The standard InChI is InChI=1S/C16H16Cl2N2O/c1-16(2,3)14-8-10(6-7-19-14)15(21)20-13-5-4-11(17)9-12(13)18/h4-9H,1-3H3,(H,20,21). The maximum atomic E-state index is 12.3. The highest BCUT2D eigenvalue weighted by Crippen LogP contribution is 2.26. The molecule has 2 rings (SSSR count). The third-order valence-corrected chi connectivity index (χ3v) is 3.52. The van der Waals surface area contributed by atoms with E-state index in [1.165, 1.54) is 0 Å². The fourth-order valence-electron chi connectivity index (χ4n) is 1.77. The summed E-state index contributed by atoms with van der Waals surface area (Å²) in [7, 11) is 0. The molecule has 0 radical (unpaired) electrons. The Hall–Kier alpha value is -1.58. The van der Waals surface area contributed by atoms with E-state index in [0.717, 1.165) is 5.69 Å². The van der Waals surface area contributed by atoms with Gasteiger partial charge in [0.05, 0.1) is 10.7 Å². The summed E-state index contributed by atoms with van der Waals surface area (Å²) >= 11 is 11.9. The molecule has 110 valence electrons. The van der Waals surface area contributed by atoms with Crippen LogP contribution in [0.3, 0.4) is 0 Å². The second-order valence-corrected chi connectivity index (χ2v) is 6.60. The SMILES string of the molecule is CC(C)(C)c1cc(C(=O)Nc2ccc(Cl)cc2Cl)ccn1. The molecule has 0 fully saturated rings. The molecule has 0 aliphatic heterocycles. The van der Waals surface area contributed by atoms with Crippen molar-refractivity contribution in [1.82, 2.24) is 4.98 Å². The van der Waals surface area contributed by atoms with Crippen LogP contribution in [-0.2, 0) is 5.41 Å². The number of pyridine rings is 1. The summed E-state index contributed by atoms with van der Waals surface area (Å²) in [5, 5.41) is 3.70. The molecule has 0 saturated carbocycles. The lowest BCUT2D eigenvalue weighted by molar-refractivity contribution is 0.102. The van der Waals surface area contributed by atoms with Crippen molar-refractivity contribution in [3.8, 4) is 0 Å². The molecule has 0 atom stereocenters. The molecule has 1 N–H and O–H groups in total. The van der Waals surface area contributed by atoms with Gasteiger partial charge in [0.15, 0.2) is 0 Å². The van der Waals surface area contributed by atoms with E-state index in [1.807, 2.05) is 20.8 Å². The number of benzene rings is 1. The predicted molar refractivity (Wildman–Crippen MR) is 87.4 cm³/mol. The van der Waals surface area contributed by atoms with Crippen LogP contribution in [0.1, 0.15) is 36.8 Å². The van der Waals surface area contributed by atoms with Gasteiger partial charge < -0.3 is 5.32 Å². The molecule has 0 bridgehead atoms. The lowest BCUT2D eigenvalue weighted by atomic mass is 9.91. The van der Waals surface area contributed by atoms with Crippen LogP contribution in [0.2, 0.25) is 10.0 Å². The zero-order valence-corrected chi connectivity index (χ0v) is 13.6. The lowest BCUT2D eigenvalue weighted by Crippen LogP contribution is -2.17. The number of carbonyl (C=O) groups excluding carboxylic acids is 1. The van der Waals surface area contributed by atoms with Gasteiger partial charge in [-0.05, 0) is 30.3 Å². The van der Waals surface area contributed by atoms with E-state index in [4.69, 9.17) is 23.2 Å². The van der Waals surface area contributed by atoms with Crippen molar-refractivity contribution in [1.29, 1.82) is 0 Å². The van der Waals surface area contributed by atoms with Gasteiger partial charge in [0.25, 0.3) is 5.91 Å². The topological polar surface area (TPSA) is 42.0 Å². The van der Waals surface area contributed by atoms with Gasteiger partial charge in [-0.3, -0.25) is 9.78 Å². The van der Waals surface area contributed by atoms with Crippen LogP contribution < -0.4 is 5.32 Å². The molecule has 21 heavy (non-hydrogen) atoms. The number of rotatable bonds is 2. The summed E-state index contributed by atoms with van der Waals surface area (Å²) < 4.78 is 0. The molecule has 0 aliphatic carbocycles. The molecule has 1 aromatic carbocycles. The number of halogens is 2. The summed E-state index contributed by atoms with van der Waals surface area (Å²) in [6.07, 6.45) is 1.64. The third-order valence-electron chi connectivity index (χ3n) is 2.97. The Balaban J connectivity index is 2.25. The molecule has 0 saturated heterocycles. The van der Waals surface area contributed by atoms with Crippen molar-refractivity contribution in [2.24, 2.45) is 0 Å². The third kappa shape index (κ3) is 3.96. The number of anilines is 1. The second-order valence-electron chi connectivity index (χ2n) is 5.76. The van der Waals surface area contributed by atoms with Gasteiger partial charge in [-0.25, -0.2) is 0 Å². The van der Waals surface area contributed by atoms with Gasteiger partial charge in [-0.2, -0.15) is 0 Å². The summed E-state index contributed by atoms with van der Waals surface area (Å²) in [6, 6.07) is 8.41. The van der Waals surface area contributed by atoms with Crippen molar-refractivity contribution in [2.75, 3.05) is 5.32 Å². The Bertz CT molecular complexity index is 678. The van der Waals surface area contributed by atoms with Crippen molar-refractivity contribution in [3.05, 3.63) is 57.8 Å². The first-order chi connectivity index (χ1) is 9.77. The zero-order valence-electron chi connectivity index (χ0n) is 12.1.